The van der Waals surface area contributed by atoms with Crippen LogP contribution in [0.4, 0.5) is 15.9 Å². The number of aryl methyl sites for hydroxylation is 1. The molecule has 0 spiro atoms. The SMILES string of the molecule is CCOc1cc(CN(c2ccc(NC(C)=O)nc2C)C2CCNCC2)cc(OCC)c1-c1ccc(F)cc1. The molecular formula is C30H37FN4O3. The molecule has 0 aliphatic carbocycles. The van der Waals surface area contributed by atoms with Crippen molar-refractivity contribution in [2.24, 2.45) is 0 Å². The fourth-order valence-corrected chi connectivity index (χ4v) is 5.01. The van der Waals surface area contributed by atoms with Gasteiger partial charge in [0.1, 0.15) is 23.1 Å². The molecule has 0 unspecified atom stereocenters. The number of nitrogens with one attached hydrogen (secondary N) is 2. The van der Waals surface area contributed by atoms with E-state index in [1.807, 2.05) is 32.9 Å². The van der Waals surface area contributed by atoms with E-state index >= 15 is 0 Å². The van der Waals surface area contributed by atoms with E-state index in [4.69, 9.17) is 9.47 Å². The van der Waals surface area contributed by atoms with E-state index in [0.29, 0.717) is 43.1 Å². The highest BCUT2D eigenvalue weighted by atomic mass is 19.1. The number of aromatic nitrogens is 1. The van der Waals surface area contributed by atoms with E-state index in [0.717, 1.165) is 54.0 Å². The third-order valence-corrected chi connectivity index (χ3v) is 6.63. The fraction of sp³-hybridized carbons (Fsp3) is 0.400. The molecule has 8 heteroatoms. The molecule has 1 saturated heterocycles. The number of hydrogen-bond acceptors (Lipinski definition) is 6. The highest BCUT2D eigenvalue weighted by molar-refractivity contribution is 5.87. The first-order chi connectivity index (χ1) is 18.4. The number of benzene rings is 2. The van der Waals surface area contributed by atoms with Crippen LogP contribution in [0.3, 0.4) is 0 Å². The van der Waals surface area contributed by atoms with Gasteiger partial charge in [-0.1, -0.05) is 12.1 Å². The first kappa shape index (κ1) is 27.4. The number of hydrogen-bond donors (Lipinski definition) is 2. The molecular weight excluding hydrogens is 483 g/mol. The number of anilines is 2. The van der Waals surface area contributed by atoms with Crippen LogP contribution in [0.25, 0.3) is 11.1 Å². The number of carbonyl (C=O) groups is 1. The van der Waals surface area contributed by atoms with E-state index in [2.05, 4.69) is 32.7 Å². The monoisotopic (exact) mass is 520 g/mol. The number of rotatable bonds is 10. The number of carbonyl (C=O) groups excluding carboxylic acids is 1. The molecule has 2 aromatic carbocycles. The molecule has 1 aliphatic rings. The van der Waals surface area contributed by atoms with Crippen LogP contribution in [0, 0.1) is 12.7 Å². The molecule has 1 aliphatic heterocycles. The smallest absolute Gasteiger partial charge is 0.222 e. The predicted octanol–water partition coefficient (Wildman–Crippen LogP) is 5.71. The van der Waals surface area contributed by atoms with Gasteiger partial charge in [0.2, 0.25) is 5.91 Å². The lowest BCUT2D eigenvalue weighted by Crippen LogP contribution is -2.43. The largest absolute Gasteiger partial charge is 0.493 e. The van der Waals surface area contributed by atoms with E-state index in [1.165, 1.54) is 19.1 Å². The van der Waals surface area contributed by atoms with Crippen molar-refractivity contribution in [3.8, 4) is 22.6 Å². The summed E-state index contributed by atoms with van der Waals surface area (Å²) in [5, 5.41) is 6.23. The molecule has 0 atom stereocenters. The average molecular weight is 521 g/mol. The van der Waals surface area contributed by atoms with Gasteiger partial charge < -0.3 is 25.0 Å². The number of piperidine rings is 1. The van der Waals surface area contributed by atoms with Crippen molar-refractivity contribution in [3.63, 3.8) is 0 Å². The van der Waals surface area contributed by atoms with Gasteiger partial charge in [-0.05, 0) is 94.2 Å². The average Bonchev–Trinajstić information content (AvgIpc) is 2.89. The Kier molecular flexibility index (Phi) is 9.18. The predicted molar refractivity (Wildman–Crippen MR) is 150 cm³/mol. The molecule has 3 aromatic rings. The molecule has 7 nitrogen and oxygen atoms in total. The molecule has 2 heterocycles. The fourth-order valence-electron chi connectivity index (χ4n) is 5.01. The van der Waals surface area contributed by atoms with Gasteiger partial charge in [-0.2, -0.15) is 0 Å². The van der Waals surface area contributed by atoms with Crippen LogP contribution in [0.15, 0.2) is 48.5 Å². The highest BCUT2D eigenvalue weighted by Crippen LogP contribution is 2.41. The van der Waals surface area contributed by atoms with Crippen molar-refractivity contribution < 1.29 is 18.7 Å². The van der Waals surface area contributed by atoms with Gasteiger partial charge in [0.25, 0.3) is 0 Å². The third-order valence-electron chi connectivity index (χ3n) is 6.63. The summed E-state index contributed by atoms with van der Waals surface area (Å²) in [5.41, 5.74) is 4.60. The van der Waals surface area contributed by atoms with Gasteiger partial charge >= 0.3 is 0 Å². The first-order valence-electron chi connectivity index (χ1n) is 13.3. The Balaban J connectivity index is 1.76. The number of pyridine rings is 1. The van der Waals surface area contributed by atoms with Crippen LogP contribution in [-0.4, -0.2) is 43.2 Å². The number of nitrogens with zero attached hydrogens (tertiary/aromatic N) is 2. The normalized spacial score (nSPS) is 13.7. The molecule has 0 saturated carbocycles. The van der Waals surface area contributed by atoms with E-state index in [1.54, 1.807) is 12.1 Å². The summed E-state index contributed by atoms with van der Waals surface area (Å²) in [4.78, 5) is 18.6. The zero-order chi connectivity index (χ0) is 27.1. The molecule has 0 bridgehead atoms. The van der Waals surface area contributed by atoms with E-state index < -0.39 is 0 Å². The highest BCUT2D eigenvalue weighted by Gasteiger charge is 2.25. The summed E-state index contributed by atoms with van der Waals surface area (Å²) < 4.78 is 25.9. The quantitative estimate of drug-likeness (QED) is 0.357. The Morgan fingerprint density at radius 3 is 2.24 bits per heavy atom. The first-order valence-corrected chi connectivity index (χ1v) is 13.3. The molecule has 1 aromatic heterocycles. The Hall–Kier alpha value is -3.65. The zero-order valence-corrected chi connectivity index (χ0v) is 22.6. The Bertz CT molecular complexity index is 1220. The second-order valence-corrected chi connectivity index (χ2v) is 9.43. The molecule has 1 fully saturated rings. The van der Waals surface area contributed by atoms with Crippen molar-refractivity contribution in [1.82, 2.24) is 10.3 Å². The summed E-state index contributed by atoms with van der Waals surface area (Å²) in [6.07, 6.45) is 2.02. The minimum atomic E-state index is -0.285. The molecule has 1 amide bonds. The minimum Gasteiger partial charge on any atom is -0.493 e. The Morgan fingerprint density at radius 1 is 1.05 bits per heavy atom. The van der Waals surface area contributed by atoms with Crippen LogP contribution in [-0.2, 0) is 11.3 Å². The van der Waals surface area contributed by atoms with Crippen LogP contribution in [0.5, 0.6) is 11.5 Å². The van der Waals surface area contributed by atoms with Gasteiger partial charge in [0.05, 0.1) is 30.2 Å². The maximum absolute atomic E-state index is 13.7. The molecule has 4 rings (SSSR count). The van der Waals surface area contributed by atoms with Gasteiger partial charge in [0, 0.05) is 19.5 Å². The van der Waals surface area contributed by atoms with Crippen molar-refractivity contribution in [3.05, 3.63) is 65.6 Å². The van der Waals surface area contributed by atoms with Gasteiger partial charge in [-0.3, -0.25) is 4.79 Å². The summed E-state index contributed by atoms with van der Waals surface area (Å²) in [7, 11) is 0. The van der Waals surface area contributed by atoms with E-state index in [-0.39, 0.29) is 11.7 Å². The number of ether oxygens (including phenoxy) is 2. The number of amides is 1. The molecule has 2 N–H and O–H groups in total. The molecule has 38 heavy (non-hydrogen) atoms. The summed E-state index contributed by atoms with van der Waals surface area (Å²) in [6, 6.07) is 14.8. The van der Waals surface area contributed by atoms with Crippen molar-refractivity contribution in [1.29, 1.82) is 0 Å². The second kappa shape index (κ2) is 12.7. The Morgan fingerprint density at radius 2 is 1.68 bits per heavy atom. The lowest BCUT2D eigenvalue weighted by atomic mass is 9.98. The van der Waals surface area contributed by atoms with Crippen molar-refractivity contribution in [2.75, 3.05) is 36.5 Å². The van der Waals surface area contributed by atoms with E-state index in [9.17, 15) is 9.18 Å². The maximum Gasteiger partial charge on any atom is 0.222 e. The minimum absolute atomic E-state index is 0.145. The molecule has 0 radical (unpaired) electrons. The summed E-state index contributed by atoms with van der Waals surface area (Å²) in [6.45, 7) is 10.9. The van der Waals surface area contributed by atoms with Crippen molar-refractivity contribution in [2.45, 2.75) is 53.1 Å². The lowest BCUT2D eigenvalue weighted by molar-refractivity contribution is -0.114. The van der Waals surface area contributed by atoms with Crippen LogP contribution in [0.1, 0.15) is 44.9 Å². The van der Waals surface area contributed by atoms with Crippen molar-refractivity contribution >= 4 is 17.4 Å². The van der Waals surface area contributed by atoms with Crippen LogP contribution >= 0.6 is 0 Å². The van der Waals surface area contributed by atoms with Gasteiger partial charge in [-0.15, -0.1) is 0 Å². The van der Waals surface area contributed by atoms with Gasteiger partial charge in [-0.25, -0.2) is 9.37 Å². The summed E-state index contributed by atoms with van der Waals surface area (Å²) in [5.74, 6) is 1.53. The zero-order valence-electron chi connectivity index (χ0n) is 22.6. The third kappa shape index (κ3) is 6.61. The van der Waals surface area contributed by atoms with Crippen LogP contribution < -0.4 is 25.0 Å². The topological polar surface area (TPSA) is 75.7 Å². The summed E-state index contributed by atoms with van der Waals surface area (Å²) >= 11 is 0. The Labute approximate surface area is 224 Å². The second-order valence-electron chi connectivity index (χ2n) is 9.43. The molecule has 202 valence electrons. The van der Waals surface area contributed by atoms with Crippen LogP contribution in [0.2, 0.25) is 0 Å². The maximum atomic E-state index is 13.7. The number of halogens is 1. The lowest BCUT2D eigenvalue weighted by Gasteiger charge is -2.37. The standard InChI is InChI=1S/C30H37FN4O3/c1-5-37-27-17-22(18-28(38-6-2)30(27)23-7-9-24(31)10-8-23)19-35(25-13-15-32-16-14-25)26-11-12-29(33-20(26)3)34-21(4)36/h7-12,17-18,25,32H,5-6,13-16,19H2,1-4H3,(H,33,34,36). The van der Waals surface area contributed by atoms with Gasteiger partial charge in [0.15, 0.2) is 0 Å².